The predicted octanol–water partition coefficient (Wildman–Crippen LogP) is 4.57. The van der Waals surface area contributed by atoms with Crippen LogP contribution in [-0.4, -0.2) is 92.4 Å². The normalized spacial score (nSPS) is 20.0. The number of rotatable bonds is 13. The van der Waals surface area contributed by atoms with Crippen molar-refractivity contribution in [2.45, 2.75) is 45.6 Å². The Morgan fingerprint density at radius 2 is 1.67 bits per heavy atom. The Bertz CT molecular complexity index is 1320. The van der Waals surface area contributed by atoms with Crippen LogP contribution in [0.2, 0.25) is 0 Å². The number of nitrogens with zero attached hydrogens (tertiary/aromatic N) is 2. The van der Waals surface area contributed by atoms with Gasteiger partial charge >= 0.3 is 0 Å². The molecular formula is C33H42N2O8. The molecule has 10 heteroatoms. The minimum Gasteiger partial charge on any atom is -0.507 e. The average Bonchev–Trinajstić information content (AvgIpc) is 3.29. The molecule has 2 fully saturated rings. The summed E-state index contributed by atoms with van der Waals surface area (Å²) in [5.74, 6) is 0.584. The first kappa shape index (κ1) is 30.7. The van der Waals surface area contributed by atoms with Crippen molar-refractivity contribution in [3.63, 3.8) is 0 Å². The maximum Gasteiger partial charge on any atom is 0.295 e. The van der Waals surface area contributed by atoms with Crippen molar-refractivity contribution in [3.05, 3.63) is 53.1 Å². The number of unbranched alkanes of at least 4 members (excludes halogenated alkanes) is 2. The Morgan fingerprint density at radius 1 is 0.884 bits per heavy atom. The summed E-state index contributed by atoms with van der Waals surface area (Å²) in [6.45, 7) is 10.0. The van der Waals surface area contributed by atoms with Gasteiger partial charge in [-0.1, -0.05) is 25.8 Å². The number of aliphatic hydroxyl groups is 1. The van der Waals surface area contributed by atoms with Gasteiger partial charge in [-0.3, -0.25) is 14.5 Å². The first-order valence-corrected chi connectivity index (χ1v) is 15.4. The molecule has 43 heavy (non-hydrogen) atoms. The number of Topliss-reactive ketones (excluding diaryl/α,β-unsaturated/α-hetero) is 1. The molecule has 0 aromatic heterocycles. The zero-order chi connectivity index (χ0) is 30.2. The van der Waals surface area contributed by atoms with Gasteiger partial charge in [-0.05, 0) is 55.7 Å². The van der Waals surface area contributed by atoms with E-state index in [1.807, 2.05) is 25.1 Å². The van der Waals surface area contributed by atoms with E-state index in [1.165, 1.54) is 0 Å². The Kier molecular flexibility index (Phi) is 10.4. The monoisotopic (exact) mass is 594 g/mol. The number of hydrogen-bond acceptors (Lipinski definition) is 9. The van der Waals surface area contributed by atoms with Crippen LogP contribution in [0.25, 0.3) is 5.76 Å². The minimum absolute atomic E-state index is 0.0344. The van der Waals surface area contributed by atoms with Crippen molar-refractivity contribution in [2.24, 2.45) is 0 Å². The second-order valence-electron chi connectivity index (χ2n) is 10.9. The first-order chi connectivity index (χ1) is 21.0. The molecule has 3 aliphatic rings. The van der Waals surface area contributed by atoms with Gasteiger partial charge in [0.25, 0.3) is 11.7 Å². The molecule has 2 aromatic rings. The number of aliphatic hydroxyl groups excluding tert-OH is 1. The van der Waals surface area contributed by atoms with E-state index in [0.717, 1.165) is 38.9 Å². The van der Waals surface area contributed by atoms with Crippen molar-refractivity contribution in [2.75, 3.05) is 65.8 Å². The first-order valence-electron chi connectivity index (χ1n) is 15.4. The standard InChI is InChI=1S/C33H42N2O8/c1-3-5-6-16-41-25-10-8-23(21-27(25)40-4-2)30-29(31(36)24-9-11-26-28(22-24)43-20-19-42-26)32(37)33(38)35(30)13-7-12-34-14-17-39-18-15-34/h8-11,21-22,30,36H,3-7,12-20H2,1-2H3/b31-29+. The Hall–Kier alpha value is -3.76. The fraction of sp³-hybridized carbons (Fsp3) is 0.515. The lowest BCUT2D eigenvalue weighted by Crippen LogP contribution is -2.39. The van der Waals surface area contributed by atoms with E-state index in [4.69, 9.17) is 23.7 Å². The average molecular weight is 595 g/mol. The van der Waals surface area contributed by atoms with Crippen LogP contribution in [0.1, 0.15) is 56.7 Å². The van der Waals surface area contributed by atoms with E-state index < -0.39 is 17.7 Å². The summed E-state index contributed by atoms with van der Waals surface area (Å²) < 4.78 is 28.8. The summed E-state index contributed by atoms with van der Waals surface area (Å²) in [5, 5.41) is 11.6. The molecule has 3 aliphatic heterocycles. The molecule has 1 atom stereocenters. The molecule has 0 spiro atoms. The third-order valence-electron chi connectivity index (χ3n) is 7.92. The number of likely N-dealkylation sites (tertiary alicyclic amines) is 1. The van der Waals surface area contributed by atoms with E-state index >= 15 is 0 Å². The molecule has 1 amide bonds. The Morgan fingerprint density at radius 3 is 2.44 bits per heavy atom. The summed E-state index contributed by atoms with van der Waals surface area (Å²) in [7, 11) is 0. The summed E-state index contributed by atoms with van der Waals surface area (Å²) in [6, 6.07) is 9.71. The van der Waals surface area contributed by atoms with Gasteiger partial charge < -0.3 is 33.7 Å². The summed E-state index contributed by atoms with van der Waals surface area (Å²) in [6.07, 6.45) is 3.77. The molecule has 5 rings (SSSR count). The molecule has 0 aliphatic carbocycles. The van der Waals surface area contributed by atoms with E-state index in [0.29, 0.717) is 86.7 Å². The third-order valence-corrected chi connectivity index (χ3v) is 7.92. The molecule has 232 valence electrons. The molecule has 2 aromatic carbocycles. The second kappa shape index (κ2) is 14.6. The molecule has 0 bridgehead atoms. The van der Waals surface area contributed by atoms with Gasteiger partial charge in [0.1, 0.15) is 19.0 Å². The number of ketones is 1. The van der Waals surface area contributed by atoms with Gasteiger partial charge in [0.05, 0.1) is 38.0 Å². The number of amides is 1. The topological polar surface area (TPSA) is 107 Å². The fourth-order valence-corrected chi connectivity index (χ4v) is 5.71. The number of carbonyl (C=O) groups is 2. The maximum atomic E-state index is 13.6. The van der Waals surface area contributed by atoms with Crippen molar-refractivity contribution in [3.8, 4) is 23.0 Å². The fourth-order valence-electron chi connectivity index (χ4n) is 5.71. The van der Waals surface area contributed by atoms with Gasteiger partial charge in [0.2, 0.25) is 0 Å². The highest BCUT2D eigenvalue weighted by molar-refractivity contribution is 6.46. The predicted molar refractivity (Wildman–Crippen MR) is 161 cm³/mol. The molecule has 10 nitrogen and oxygen atoms in total. The number of carbonyl (C=O) groups excluding carboxylic acids is 2. The smallest absolute Gasteiger partial charge is 0.295 e. The van der Waals surface area contributed by atoms with Crippen LogP contribution >= 0.6 is 0 Å². The SMILES string of the molecule is CCCCCOc1ccc(C2/C(=C(\O)c3ccc4c(c3)OCCO4)C(=O)C(=O)N2CCCN2CCOCC2)cc1OCC. The van der Waals surface area contributed by atoms with E-state index in [-0.39, 0.29) is 11.3 Å². The zero-order valence-electron chi connectivity index (χ0n) is 25.1. The largest absolute Gasteiger partial charge is 0.507 e. The number of morpholine rings is 1. The molecule has 3 heterocycles. The minimum atomic E-state index is -0.800. The molecule has 0 radical (unpaired) electrons. The van der Waals surface area contributed by atoms with Crippen molar-refractivity contribution >= 4 is 17.4 Å². The lowest BCUT2D eigenvalue weighted by atomic mass is 9.94. The van der Waals surface area contributed by atoms with Crippen molar-refractivity contribution < 1.29 is 38.4 Å². The van der Waals surface area contributed by atoms with Gasteiger partial charge in [0, 0.05) is 31.7 Å². The van der Waals surface area contributed by atoms with Gasteiger partial charge in [-0.25, -0.2) is 0 Å². The van der Waals surface area contributed by atoms with Crippen LogP contribution in [0, 0.1) is 0 Å². The van der Waals surface area contributed by atoms with Crippen LogP contribution in [0.5, 0.6) is 23.0 Å². The molecule has 2 saturated heterocycles. The third kappa shape index (κ3) is 7.08. The van der Waals surface area contributed by atoms with Crippen LogP contribution < -0.4 is 18.9 Å². The lowest BCUT2D eigenvalue weighted by molar-refractivity contribution is -0.140. The van der Waals surface area contributed by atoms with Crippen LogP contribution in [0.4, 0.5) is 0 Å². The van der Waals surface area contributed by atoms with E-state index in [9.17, 15) is 14.7 Å². The van der Waals surface area contributed by atoms with Gasteiger partial charge in [-0.15, -0.1) is 0 Å². The molecule has 1 unspecified atom stereocenters. The van der Waals surface area contributed by atoms with E-state index in [2.05, 4.69) is 11.8 Å². The zero-order valence-corrected chi connectivity index (χ0v) is 25.1. The summed E-state index contributed by atoms with van der Waals surface area (Å²) in [4.78, 5) is 31.0. The molecule has 0 saturated carbocycles. The van der Waals surface area contributed by atoms with Crippen LogP contribution in [0.15, 0.2) is 42.0 Å². The lowest BCUT2D eigenvalue weighted by Gasteiger charge is -2.29. The second-order valence-corrected chi connectivity index (χ2v) is 10.9. The number of fused-ring (bicyclic) bond motifs is 1. The van der Waals surface area contributed by atoms with Gasteiger partial charge in [0.15, 0.2) is 23.0 Å². The summed E-state index contributed by atoms with van der Waals surface area (Å²) in [5.41, 5.74) is 1.07. The highest BCUT2D eigenvalue weighted by Gasteiger charge is 2.46. The Balaban J connectivity index is 1.50. The maximum absolute atomic E-state index is 13.6. The van der Waals surface area contributed by atoms with Crippen LogP contribution in [0.3, 0.4) is 0 Å². The van der Waals surface area contributed by atoms with E-state index in [1.54, 1.807) is 23.1 Å². The number of benzene rings is 2. The summed E-state index contributed by atoms with van der Waals surface area (Å²) >= 11 is 0. The van der Waals surface area contributed by atoms with Crippen molar-refractivity contribution in [1.29, 1.82) is 0 Å². The van der Waals surface area contributed by atoms with Gasteiger partial charge in [-0.2, -0.15) is 0 Å². The quantitative estimate of drug-likeness (QED) is 0.154. The highest BCUT2D eigenvalue weighted by Crippen LogP contribution is 2.43. The number of hydrogen-bond donors (Lipinski definition) is 1. The molecule has 1 N–H and O–H groups in total. The molecular weight excluding hydrogens is 552 g/mol. The van der Waals surface area contributed by atoms with Crippen molar-refractivity contribution in [1.82, 2.24) is 9.80 Å². The Labute approximate surface area is 253 Å². The highest BCUT2D eigenvalue weighted by atomic mass is 16.6. The van der Waals surface area contributed by atoms with Crippen LogP contribution in [-0.2, 0) is 14.3 Å². The number of ether oxygens (including phenoxy) is 5.